The molecule has 0 spiro atoms. The molecule has 0 unspecified atom stereocenters. The largest absolute Gasteiger partial charge is 0.497 e. The van der Waals surface area contributed by atoms with Gasteiger partial charge in [-0.1, -0.05) is 6.42 Å². The highest BCUT2D eigenvalue weighted by Crippen LogP contribution is 2.36. The molecule has 1 aromatic rings. The molecule has 70 valence electrons. The molecule has 1 nitrogen and oxygen atoms in total. The van der Waals surface area contributed by atoms with Crippen LogP contribution in [-0.4, -0.2) is 12.4 Å². The molecule has 0 bridgehead atoms. The fraction of sp³-hybridized carbons (Fsp3) is 0.455. The Morgan fingerprint density at radius 2 is 1.92 bits per heavy atom. The molecule has 13 heavy (non-hydrogen) atoms. The van der Waals surface area contributed by atoms with E-state index in [1.807, 2.05) is 23.9 Å². The zero-order valence-electron chi connectivity index (χ0n) is 7.82. The molecule has 1 aliphatic rings. The molecule has 0 aliphatic heterocycles. The Labute approximate surface area is 83.5 Å². The number of methoxy groups -OCH3 is 1. The zero-order valence-corrected chi connectivity index (χ0v) is 8.64. The van der Waals surface area contributed by atoms with E-state index in [2.05, 4.69) is 12.1 Å². The summed E-state index contributed by atoms with van der Waals surface area (Å²) in [6, 6.07) is 8.34. The van der Waals surface area contributed by atoms with Crippen LogP contribution < -0.4 is 4.74 Å². The van der Waals surface area contributed by atoms with Gasteiger partial charge in [-0.2, -0.15) is 0 Å². The minimum absolute atomic E-state index is 0.869. The molecule has 1 saturated carbocycles. The summed E-state index contributed by atoms with van der Waals surface area (Å²) in [7, 11) is 1.70. The first-order valence-corrected chi connectivity index (χ1v) is 5.57. The minimum Gasteiger partial charge on any atom is -0.497 e. The SMILES string of the molecule is COc1ccc(SC2CCC2)cc1. The van der Waals surface area contributed by atoms with Gasteiger partial charge in [-0.05, 0) is 37.1 Å². The van der Waals surface area contributed by atoms with Crippen LogP contribution in [0, 0.1) is 0 Å². The molecule has 0 heterocycles. The van der Waals surface area contributed by atoms with Crippen LogP contribution >= 0.6 is 11.8 Å². The molecule has 2 heteroatoms. The predicted octanol–water partition coefficient (Wildman–Crippen LogP) is 3.34. The molecule has 1 aromatic carbocycles. The molecule has 0 aromatic heterocycles. The lowest BCUT2D eigenvalue weighted by Crippen LogP contribution is -2.12. The van der Waals surface area contributed by atoms with Gasteiger partial charge in [0.15, 0.2) is 0 Å². The summed E-state index contributed by atoms with van der Waals surface area (Å²) in [5, 5.41) is 0.869. The van der Waals surface area contributed by atoms with Crippen molar-refractivity contribution in [1.82, 2.24) is 0 Å². The molecule has 0 atom stereocenters. The number of hydrogen-bond acceptors (Lipinski definition) is 2. The summed E-state index contributed by atoms with van der Waals surface area (Å²) >= 11 is 1.99. The van der Waals surface area contributed by atoms with E-state index in [-0.39, 0.29) is 0 Å². The Kier molecular flexibility index (Phi) is 2.79. The monoisotopic (exact) mass is 194 g/mol. The number of ether oxygens (including phenoxy) is 1. The third kappa shape index (κ3) is 2.19. The molecule has 0 radical (unpaired) electrons. The van der Waals surface area contributed by atoms with E-state index in [0.29, 0.717) is 0 Å². The van der Waals surface area contributed by atoms with Crippen LogP contribution in [0.3, 0.4) is 0 Å². The Morgan fingerprint density at radius 1 is 1.23 bits per heavy atom. The number of thioether (sulfide) groups is 1. The Morgan fingerprint density at radius 3 is 2.38 bits per heavy atom. The second-order valence-corrected chi connectivity index (χ2v) is 4.72. The second kappa shape index (κ2) is 4.05. The Balaban J connectivity index is 1.96. The first-order chi connectivity index (χ1) is 6.38. The molecule has 2 rings (SSSR count). The van der Waals surface area contributed by atoms with Crippen LogP contribution in [0.25, 0.3) is 0 Å². The molecule has 1 fully saturated rings. The lowest BCUT2D eigenvalue weighted by atomic mass is 10.0. The number of rotatable bonds is 3. The third-order valence-electron chi connectivity index (χ3n) is 2.41. The van der Waals surface area contributed by atoms with E-state index in [1.54, 1.807) is 7.11 Å². The van der Waals surface area contributed by atoms with E-state index >= 15 is 0 Å². The second-order valence-electron chi connectivity index (χ2n) is 3.35. The van der Waals surface area contributed by atoms with Crippen LogP contribution in [0.5, 0.6) is 5.75 Å². The molecule has 0 saturated heterocycles. The average Bonchev–Trinajstić information content (AvgIpc) is 2.12. The summed E-state index contributed by atoms with van der Waals surface area (Å²) < 4.78 is 5.11. The lowest BCUT2D eigenvalue weighted by Gasteiger charge is -2.24. The summed E-state index contributed by atoms with van der Waals surface area (Å²) in [6.45, 7) is 0. The molecule has 0 amide bonds. The maximum Gasteiger partial charge on any atom is 0.118 e. The smallest absolute Gasteiger partial charge is 0.118 e. The van der Waals surface area contributed by atoms with E-state index in [9.17, 15) is 0 Å². The third-order valence-corrected chi connectivity index (χ3v) is 3.76. The van der Waals surface area contributed by atoms with Gasteiger partial charge in [0.05, 0.1) is 7.11 Å². The number of benzene rings is 1. The maximum absolute atomic E-state index is 5.11. The van der Waals surface area contributed by atoms with Gasteiger partial charge in [-0.15, -0.1) is 11.8 Å². The normalized spacial score (nSPS) is 16.7. The van der Waals surface area contributed by atoms with Gasteiger partial charge >= 0.3 is 0 Å². The van der Waals surface area contributed by atoms with Gasteiger partial charge in [-0.25, -0.2) is 0 Å². The van der Waals surface area contributed by atoms with Crippen LogP contribution in [0.1, 0.15) is 19.3 Å². The van der Waals surface area contributed by atoms with Crippen molar-refractivity contribution < 1.29 is 4.74 Å². The van der Waals surface area contributed by atoms with Gasteiger partial charge < -0.3 is 4.74 Å². The van der Waals surface area contributed by atoms with Crippen molar-refractivity contribution in [3.8, 4) is 5.75 Å². The van der Waals surface area contributed by atoms with Gasteiger partial charge in [-0.3, -0.25) is 0 Å². The Hall–Kier alpha value is -0.630. The topological polar surface area (TPSA) is 9.23 Å². The summed E-state index contributed by atoms with van der Waals surface area (Å²) in [5.41, 5.74) is 0. The van der Waals surface area contributed by atoms with Crippen LogP contribution in [0.4, 0.5) is 0 Å². The Bertz CT molecular complexity index is 264. The van der Waals surface area contributed by atoms with Gasteiger partial charge in [0.1, 0.15) is 5.75 Å². The average molecular weight is 194 g/mol. The molecular formula is C11H14OS. The van der Waals surface area contributed by atoms with Crippen molar-refractivity contribution in [1.29, 1.82) is 0 Å². The van der Waals surface area contributed by atoms with Crippen LogP contribution in [0.2, 0.25) is 0 Å². The predicted molar refractivity (Wildman–Crippen MR) is 56.5 cm³/mol. The van der Waals surface area contributed by atoms with Crippen molar-refractivity contribution in [2.24, 2.45) is 0 Å². The highest BCUT2D eigenvalue weighted by atomic mass is 32.2. The summed E-state index contributed by atoms with van der Waals surface area (Å²) in [6.07, 6.45) is 4.18. The van der Waals surface area contributed by atoms with Crippen molar-refractivity contribution in [3.63, 3.8) is 0 Å². The van der Waals surface area contributed by atoms with Gasteiger partial charge in [0.25, 0.3) is 0 Å². The number of hydrogen-bond donors (Lipinski definition) is 0. The van der Waals surface area contributed by atoms with Crippen molar-refractivity contribution >= 4 is 11.8 Å². The van der Waals surface area contributed by atoms with Crippen molar-refractivity contribution in [3.05, 3.63) is 24.3 Å². The van der Waals surface area contributed by atoms with Gasteiger partial charge in [0, 0.05) is 10.1 Å². The minimum atomic E-state index is 0.869. The van der Waals surface area contributed by atoms with Gasteiger partial charge in [0.2, 0.25) is 0 Å². The maximum atomic E-state index is 5.11. The molecule has 0 N–H and O–H groups in total. The highest BCUT2D eigenvalue weighted by molar-refractivity contribution is 8.00. The molecular weight excluding hydrogens is 180 g/mol. The van der Waals surface area contributed by atoms with E-state index in [4.69, 9.17) is 4.74 Å². The summed E-state index contributed by atoms with van der Waals surface area (Å²) in [5.74, 6) is 0.943. The standard InChI is InChI=1S/C11H14OS/c1-12-9-5-7-11(8-6-9)13-10-3-2-4-10/h5-8,10H,2-4H2,1H3. The zero-order chi connectivity index (χ0) is 9.10. The fourth-order valence-corrected chi connectivity index (χ4v) is 2.58. The van der Waals surface area contributed by atoms with E-state index in [0.717, 1.165) is 11.0 Å². The molecule has 1 aliphatic carbocycles. The van der Waals surface area contributed by atoms with E-state index in [1.165, 1.54) is 24.2 Å². The van der Waals surface area contributed by atoms with Crippen molar-refractivity contribution in [2.75, 3.05) is 7.11 Å². The lowest BCUT2D eigenvalue weighted by molar-refractivity contribution is 0.414. The highest BCUT2D eigenvalue weighted by Gasteiger charge is 2.18. The van der Waals surface area contributed by atoms with Crippen LogP contribution in [-0.2, 0) is 0 Å². The first-order valence-electron chi connectivity index (χ1n) is 4.69. The fourth-order valence-electron chi connectivity index (χ4n) is 1.34. The van der Waals surface area contributed by atoms with E-state index < -0.39 is 0 Å². The quantitative estimate of drug-likeness (QED) is 0.730. The summed E-state index contributed by atoms with van der Waals surface area (Å²) in [4.78, 5) is 1.37. The van der Waals surface area contributed by atoms with Crippen LogP contribution in [0.15, 0.2) is 29.2 Å². The van der Waals surface area contributed by atoms with Crippen molar-refractivity contribution in [2.45, 2.75) is 29.4 Å². The first kappa shape index (κ1) is 8.95.